The van der Waals surface area contributed by atoms with Gasteiger partial charge in [0.15, 0.2) is 0 Å². The molecule has 3 rings (SSSR count). The zero-order valence-corrected chi connectivity index (χ0v) is 14.5. The van der Waals surface area contributed by atoms with Crippen molar-refractivity contribution in [2.45, 2.75) is 32.7 Å². The minimum absolute atomic E-state index is 0.130. The van der Waals surface area contributed by atoms with Gasteiger partial charge >= 0.3 is 5.69 Å². The molecule has 2 amide bonds. The van der Waals surface area contributed by atoms with Crippen LogP contribution in [0.25, 0.3) is 11.0 Å². The van der Waals surface area contributed by atoms with E-state index in [0.29, 0.717) is 37.0 Å². The average Bonchev–Trinajstić information content (AvgIpc) is 3.16. The van der Waals surface area contributed by atoms with E-state index in [9.17, 15) is 19.2 Å². The number of carbonyl (C=O) groups is 2. The number of fused-ring (bicyclic) bond motifs is 1. The van der Waals surface area contributed by atoms with E-state index in [-0.39, 0.29) is 11.6 Å². The number of aryl methyl sites for hydroxylation is 2. The molecule has 0 bridgehead atoms. The highest BCUT2D eigenvalue weighted by Crippen LogP contribution is 2.17. The predicted octanol–water partition coefficient (Wildman–Crippen LogP) is -0.284. The molecule has 0 spiro atoms. The first-order valence-electron chi connectivity index (χ1n) is 8.27. The van der Waals surface area contributed by atoms with E-state index in [4.69, 9.17) is 0 Å². The van der Waals surface area contributed by atoms with Crippen LogP contribution < -0.4 is 16.7 Å². The second-order valence-electron chi connectivity index (χ2n) is 6.21. The van der Waals surface area contributed by atoms with Gasteiger partial charge in [0, 0.05) is 33.6 Å². The van der Waals surface area contributed by atoms with Crippen LogP contribution in [0.2, 0.25) is 0 Å². The lowest BCUT2D eigenvalue weighted by Gasteiger charge is -2.18. The molecule has 1 saturated heterocycles. The van der Waals surface area contributed by atoms with E-state index in [2.05, 4.69) is 5.43 Å². The number of rotatable bonds is 4. The number of nitrogens with one attached hydrogen (secondary N) is 1. The highest BCUT2D eigenvalue weighted by molar-refractivity contribution is 5.98. The molecule has 1 aliphatic heterocycles. The van der Waals surface area contributed by atoms with Crippen LogP contribution in [0.5, 0.6) is 0 Å². The summed E-state index contributed by atoms with van der Waals surface area (Å²) in [5.41, 5.74) is 2.38. The number of hydrogen-bond acceptors (Lipinski definition) is 4. The van der Waals surface area contributed by atoms with E-state index in [0.717, 1.165) is 11.0 Å². The highest BCUT2D eigenvalue weighted by Gasteiger charge is 2.26. The van der Waals surface area contributed by atoms with Crippen molar-refractivity contribution >= 4 is 22.8 Å². The van der Waals surface area contributed by atoms with Gasteiger partial charge in [-0.1, -0.05) is 6.92 Å². The molecule has 134 valence electrons. The summed E-state index contributed by atoms with van der Waals surface area (Å²) in [7, 11) is 2.98. The fourth-order valence-electron chi connectivity index (χ4n) is 3.23. The van der Waals surface area contributed by atoms with Crippen LogP contribution in [0.4, 0.5) is 0 Å². The SMILES string of the molecule is CCCn1c(C(=O)NN2CCCC2=O)cc2c(=O)n(C)c(=O)n(C)c21. The van der Waals surface area contributed by atoms with Crippen LogP contribution in [-0.2, 0) is 25.4 Å². The molecule has 25 heavy (non-hydrogen) atoms. The maximum absolute atomic E-state index is 12.7. The van der Waals surface area contributed by atoms with Crippen molar-refractivity contribution in [2.24, 2.45) is 14.1 Å². The van der Waals surface area contributed by atoms with Gasteiger partial charge in [-0.3, -0.25) is 34.0 Å². The van der Waals surface area contributed by atoms with Crippen LogP contribution >= 0.6 is 0 Å². The molecule has 0 saturated carbocycles. The lowest BCUT2D eigenvalue weighted by atomic mass is 10.3. The Hall–Kier alpha value is -2.84. The minimum atomic E-state index is -0.464. The maximum Gasteiger partial charge on any atom is 0.332 e. The summed E-state index contributed by atoms with van der Waals surface area (Å²) in [5, 5.41) is 1.60. The summed E-state index contributed by atoms with van der Waals surface area (Å²) in [6.45, 7) is 2.89. The second-order valence-corrected chi connectivity index (χ2v) is 6.21. The molecular weight excluding hydrogens is 326 g/mol. The maximum atomic E-state index is 12.7. The first kappa shape index (κ1) is 17.0. The van der Waals surface area contributed by atoms with Gasteiger partial charge in [0.25, 0.3) is 11.5 Å². The Kier molecular flexibility index (Phi) is 4.23. The summed E-state index contributed by atoms with van der Waals surface area (Å²) in [6.07, 6.45) is 1.83. The Morgan fingerprint density at radius 1 is 1.20 bits per heavy atom. The fraction of sp³-hybridized carbons (Fsp3) is 0.500. The second kappa shape index (κ2) is 6.23. The standard InChI is InChI=1S/C16H21N5O4/c1-4-7-20-11(13(23)17-21-8-5-6-12(21)22)9-10-14(20)18(2)16(25)19(3)15(10)24/h9H,4-8H2,1-3H3,(H,17,23). The molecule has 1 fully saturated rings. The van der Waals surface area contributed by atoms with Crippen molar-refractivity contribution in [3.05, 3.63) is 32.6 Å². The van der Waals surface area contributed by atoms with Crippen LogP contribution in [-0.4, -0.2) is 37.1 Å². The number of hydrazine groups is 1. The molecule has 1 N–H and O–H groups in total. The Balaban J connectivity index is 2.16. The van der Waals surface area contributed by atoms with Crippen molar-refractivity contribution < 1.29 is 9.59 Å². The number of nitrogens with zero attached hydrogens (tertiary/aromatic N) is 4. The molecule has 2 aromatic rings. The predicted molar refractivity (Wildman–Crippen MR) is 91.1 cm³/mol. The van der Waals surface area contributed by atoms with E-state index in [1.54, 1.807) is 11.6 Å². The third-order valence-corrected chi connectivity index (χ3v) is 4.48. The molecule has 0 radical (unpaired) electrons. The summed E-state index contributed by atoms with van der Waals surface area (Å²) < 4.78 is 4.04. The van der Waals surface area contributed by atoms with Gasteiger partial charge in [0.2, 0.25) is 5.91 Å². The Morgan fingerprint density at radius 3 is 2.52 bits per heavy atom. The normalized spacial score (nSPS) is 14.5. The van der Waals surface area contributed by atoms with E-state index < -0.39 is 17.2 Å². The Bertz CT molecular complexity index is 981. The Morgan fingerprint density at radius 2 is 1.92 bits per heavy atom. The van der Waals surface area contributed by atoms with Gasteiger partial charge in [-0.05, 0) is 18.9 Å². The van der Waals surface area contributed by atoms with Crippen molar-refractivity contribution in [3.8, 4) is 0 Å². The smallest absolute Gasteiger partial charge is 0.322 e. The number of carbonyl (C=O) groups excluding carboxylic acids is 2. The minimum Gasteiger partial charge on any atom is -0.322 e. The molecule has 2 aromatic heterocycles. The van der Waals surface area contributed by atoms with Gasteiger partial charge in [0.1, 0.15) is 11.3 Å². The average molecular weight is 347 g/mol. The van der Waals surface area contributed by atoms with Crippen LogP contribution in [0, 0.1) is 0 Å². The summed E-state index contributed by atoms with van der Waals surface area (Å²) in [5.74, 6) is -0.593. The van der Waals surface area contributed by atoms with Crippen LogP contribution in [0.1, 0.15) is 36.7 Å². The number of hydrogen-bond donors (Lipinski definition) is 1. The third-order valence-electron chi connectivity index (χ3n) is 4.48. The van der Waals surface area contributed by atoms with E-state index >= 15 is 0 Å². The molecule has 9 heteroatoms. The number of aromatic nitrogens is 3. The van der Waals surface area contributed by atoms with E-state index in [1.165, 1.54) is 22.7 Å². The molecule has 9 nitrogen and oxygen atoms in total. The molecule has 0 aromatic carbocycles. The molecule has 3 heterocycles. The topological polar surface area (TPSA) is 98.3 Å². The van der Waals surface area contributed by atoms with Gasteiger partial charge in [0.05, 0.1) is 5.39 Å². The summed E-state index contributed by atoms with van der Waals surface area (Å²) in [6, 6.07) is 1.49. The summed E-state index contributed by atoms with van der Waals surface area (Å²) in [4.78, 5) is 49.1. The van der Waals surface area contributed by atoms with Gasteiger partial charge in [-0.2, -0.15) is 0 Å². The lowest BCUT2D eigenvalue weighted by molar-refractivity contribution is -0.129. The highest BCUT2D eigenvalue weighted by atomic mass is 16.2. The monoisotopic (exact) mass is 347 g/mol. The first-order valence-corrected chi connectivity index (χ1v) is 8.27. The van der Waals surface area contributed by atoms with E-state index in [1.807, 2.05) is 6.92 Å². The largest absolute Gasteiger partial charge is 0.332 e. The van der Waals surface area contributed by atoms with Gasteiger partial charge in [-0.15, -0.1) is 0 Å². The van der Waals surface area contributed by atoms with Crippen molar-refractivity contribution in [3.63, 3.8) is 0 Å². The molecule has 1 aliphatic rings. The van der Waals surface area contributed by atoms with Crippen LogP contribution in [0.3, 0.4) is 0 Å². The molecule has 0 unspecified atom stereocenters. The molecule has 0 atom stereocenters. The molecule has 0 aliphatic carbocycles. The zero-order chi connectivity index (χ0) is 18.3. The quantitative estimate of drug-likeness (QED) is 0.822. The Labute approximate surface area is 143 Å². The summed E-state index contributed by atoms with van der Waals surface area (Å²) >= 11 is 0. The fourth-order valence-corrected chi connectivity index (χ4v) is 3.23. The van der Waals surface area contributed by atoms with Gasteiger partial charge in [-0.25, -0.2) is 4.79 Å². The van der Waals surface area contributed by atoms with Crippen molar-refractivity contribution in [2.75, 3.05) is 6.54 Å². The lowest BCUT2D eigenvalue weighted by Crippen LogP contribution is -2.43. The van der Waals surface area contributed by atoms with Crippen molar-refractivity contribution in [1.29, 1.82) is 0 Å². The zero-order valence-electron chi connectivity index (χ0n) is 14.5. The van der Waals surface area contributed by atoms with Crippen LogP contribution in [0.15, 0.2) is 15.7 Å². The van der Waals surface area contributed by atoms with Gasteiger partial charge < -0.3 is 4.57 Å². The third kappa shape index (κ3) is 2.65. The molecular formula is C16H21N5O4. The number of amides is 2. The first-order chi connectivity index (χ1) is 11.9. The van der Waals surface area contributed by atoms with Crippen molar-refractivity contribution in [1.82, 2.24) is 24.1 Å².